The van der Waals surface area contributed by atoms with Gasteiger partial charge in [0.15, 0.2) is 0 Å². The molecule has 2 rings (SSSR count). The molecule has 0 saturated heterocycles. The maximum absolute atomic E-state index is 5.74. The highest BCUT2D eigenvalue weighted by atomic mass is 35.5. The van der Waals surface area contributed by atoms with Crippen molar-refractivity contribution in [3.05, 3.63) is 29.3 Å². The van der Waals surface area contributed by atoms with Gasteiger partial charge in [0.1, 0.15) is 0 Å². The molecule has 4 heteroatoms. The first-order chi connectivity index (χ1) is 6.27. The zero-order valence-electron chi connectivity index (χ0n) is 7.95. The van der Waals surface area contributed by atoms with Crippen molar-refractivity contribution in [2.45, 2.75) is 20.8 Å². The fourth-order valence-electron chi connectivity index (χ4n) is 0.964. The van der Waals surface area contributed by atoms with Crippen molar-refractivity contribution < 1.29 is 0 Å². The Labute approximate surface area is 82.4 Å². The Bertz CT molecular complexity index is 395. The molecule has 0 spiro atoms. The molecule has 13 heavy (non-hydrogen) atoms. The number of nitrogens with zero attached hydrogens (tertiary/aromatic N) is 3. The zero-order chi connectivity index (χ0) is 9.84. The van der Waals surface area contributed by atoms with Crippen molar-refractivity contribution in [3.8, 4) is 0 Å². The molecule has 2 aromatic heterocycles. The van der Waals surface area contributed by atoms with Crippen LogP contribution in [0.1, 0.15) is 19.5 Å². The minimum absolute atomic E-state index is 0.624. The number of rotatable bonds is 0. The van der Waals surface area contributed by atoms with Crippen LogP contribution >= 0.6 is 11.6 Å². The Hall–Kier alpha value is -1.09. The second kappa shape index (κ2) is 4.23. The minimum atomic E-state index is 0.624. The Balaban J connectivity index is 0.000000396. The third-order valence-electron chi connectivity index (χ3n) is 1.52. The number of imidazole rings is 1. The van der Waals surface area contributed by atoms with Gasteiger partial charge in [-0.15, -0.1) is 0 Å². The molecule has 0 aromatic carbocycles. The Morgan fingerprint density at radius 2 is 1.85 bits per heavy atom. The highest BCUT2D eigenvalue weighted by molar-refractivity contribution is 6.30. The molecule has 0 radical (unpaired) electrons. The summed E-state index contributed by atoms with van der Waals surface area (Å²) in [4.78, 5) is 8.07. The Morgan fingerprint density at radius 1 is 1.23 bits per heavy atom. The van der Waals surface area contributed by atoms with Crippen LogP contribution in [0.3, 0.4) is 0 Å². The van der Waals surface area contributed by atoms with E-state index in [1.54, 1.807) is 18.6 Å². The van der Waals surface area contributed by atoms with Gasteiger partial charge < -0.3 is 0 Å². The van der Waals surface area contributed by atoms with E-state index >= 15 is 0 Å². The first kappa shape index (κ1) is 9.99. The van der Waals surface area contributed by atoms with Crippen molar-refractivity contribution in [3.63, 3.8) is 0 Å². The molecular weight excluding hydrogens is 186 g/mol. The first-order valence-electron chi connectivity index (χ1n) is 4.22. The summed E-state index contributed by atoms with van der Waals surface area (Å²) in [5.41, 5.74) is 1.04. The van der Waals surface area contributed by atoms with Gasteiger partial charge in [-0.25, -0.2) is 9.97 Å². The topological polar surface area (TPSA) is 30.2 Å². The average molecular weight is 198 g/mol. The van der Waals surface area contributed by atoms with Gasteiger partial charge in [-0.3, -0.25) is 4.40 Å². The molecule has 0 fully saturated rings. The van der Waals surface area contributed by atoms with Gasteiger partial charge in [0.25, 0.3) is 0 Å². The smallest absolute Gasteiger partial charge is 0.233 e. The lowest BCUT2D eigenvalue weighted by Crippen LogP contribution is -1.88. The fourth-order valence-corrected chi connectivity index (χ4v) is 1.11. The van der Waals surface area contributed by atoms with Crippen LogP contribution in [0.5, 0.6) is 0 Å². The van der Waals surface area contributed by atoms with E-state index in [0.29, 0.717) is 10.8 Å². The molecular formula is C9H12ClN3. The van der Waals surface area contributed by atoms with Gasteiger partial charge in [0.2, 0.25) is 5.78 Å². The molecule has 2 heterocycles. The van der Waals surface area contributed by atoms with Crippen LogP contribution in [-0.2, 0) is 0 Å². The molecule has 0 saturated carbocycles. The van der Waals surface area contributed by atoms with Gasteiger partial charge in [0.05, 0.1) is 17.4 Å². The Morgan fingerprint density at radius 3 is 2.54 bits per heavy atom. The molecule has 0 unspecified atom stereocenters. The van der Waals surface area contributed by atoms with Crippen molar-refractivity contribution in [2.24, 2.45) is 0 Å². The van der Waals surface area contributed by atoms with Crippen molar-refractivity contribution in [2.75, 3.05) is 0 Å². The predicted molar refractivity (Wildman–Crippen MR) is 54.1 cm³/mol. The summed E-state index contributed by atoms with van der Waals surface area (Å²) >= 11 is 5.74. The summed E-state index contributed by atoms with van der Waals surface area (Å²) in [6.07, 6.45) is 5.15. The van der Waals surface area contributed by atoms with Crippen molar-refractivity contribution in [1.82, 2.24) is 14.4 Å². The lowest BCUT2D eigenvalue weighted by Gasteiger charge is -1.94. The number of halogens is 1. The van der Waals surface area contributed by atoms with E-state index in [0.717, 1.165) is 5.69 Å². The summed E-state index contributed by atoms with van der Waals surface area (Å²) in [6, 6.07) is 0. The molecule has 0 N–H and O–H groups in total. The number of aromatic nitrogens is 3. The van der Waals surface area contributed by atoms with Crippen LogP contribution < -0.4 is 0 Å². The van der Waals surface area contributed by atoms with Gasteiger partial charge in [-0.1, -0.05) is 25.4 Å². The second-order valence-corrected chi connectivity index (χ2v) is 2.78. The normalized spacial score (nSPS) is 9.54. The number of hydrogen-bond donors (Lipinski definition) is 0. The monoisotopic (exact) mass is 197 g/mol. The minimum Gasteiger partial charge on any atom is -0.287 e. The van der Waals surface area contributed by atoms with Crippen LogP contribution in [0.25, 0.3) is 5.78 Å². The first-order valence-corrected chi connectivity index (χ1v) is 4.60. The fraction of sp³-hybridized carbons (Fsp3) is 0.333. The molecule has 0 aliphatic heterocycles. The van der Waals surface area contributed by atoms with E-state index in [2.05, 4.69) is 9.97 Å². The lowest BCUT2D eigenvalue weighted by molar-refractivity contribution is 1.06. The van der Waals surface area contributed by atoms with E-state index in [9.17, 15) is 0 Å². The van der Waals surface area contributed by atoms with Gasteiger partial charge in [0, 0.05) is 11.9 Å². The standard InChI is InChI=1S/C7H6ClN3.C2H6/c1-5-2-9-7-10-3-6(8)4-11(5)7;1-2/h2-4H,1H3;1-2H3. The molecule has 0 aliphatic carbocycles. The number of aryl methyl sites for hydroxylation is 1. The summed E-state index contributed by atoms with van der Waals surface area (Å²) in [5.74, 6) is 0.687. The highest BCUT2D eigenvalue weighted by Gasteiger charge is 1.98. The van der Waals surface area contributed by atoms with Crippen molar-refractivity contribution in [1.29, 1.82) is 0 Å². The zero-order valence-corrected chi connectivity index (χ0v) is 8.71. The summed E-state index contributed by atoms with van der Waals surface area (Å²) < 4.78 is 1.85. The van der Waals surface area contributed by atoms with E-state index in [4.69, 9.17) is 11.6 Å². The van der Waals surface area contributed by atoms with E-state index in [1.807, 2.05) is 25.2 Å². The number of fused-ring (bicyclic) bond motifs is 1. The molecule has 3 nitrogen and oxygen atoms in total. The van der Waals surface area contributed by atoms with Crippen LogP contribution in [-0.4, -0.2) is 14.4 Å². The summed E-state index contributed by atoms with van der Waals surface area (Å²) in [7, 11) is 0. The van der Waals surface area contributed by atoms with Crippen LogP contribution in [0.4, 0.5) is 0 Å². The SMILES string of the molecule is CC.Cc1cnc2ncc(Cl)cn12. The quantitative estimate of drug-likeness (QED) is 0.650. The highest BCUT2D eigenvalue weighted by Crippen LogP contribution is 2.08. The average Bonchev–Trinajstić information content (AvgIpc) is 2.52. The van der Waals surface area contributed by atoms with E-state index < -0.39 is 0 Å². The lowest BCUT2D eigenvalue weighted by atomic mass is 10.5. The van der Waals surface area contributed by atoms with Crippen LogP contribution in [0, 0.1) is 6.92 Å². The molecule has 2 aromatic rings. The summed E-state index contributed by atoms with van der Waals surface area (Å²) in [5, 5.41) is 0.624. The molecule has 0 atom stereocenters. The third kappa shape index (κ3) is 1.98. The number of hydrogen-bond acceptors (Lipinski definition) is 2. The van der Waals surface area contributed by atoms with Gasteiger partial charge >= 0.3 is 0 Å². The largest absolute Gasteiger partial charge is 0.287 e. The maximum atomic E-state index is 5.74. The molecule has 0 aliphatic rings. The Kier molecular flexibility index (Phi) is 3.25. The molecule has 0 amide bonds. The molecule has 70 valence electrons. The van der Waals surface area contributed by atoms with E-state index in [1.165, 1.54) is 0 Å². The third-order valence-corrected chi connectivity index (χ3v) is 1.71. The predicted octanol–water partition coefficient (Wildman–Crippen LogP) is 2.72. The van der Waals surface area contributed by atoms with Gasteiger partial charge in [-0.2, -0.15) is 0 Å². The van der Waals surface area contributed by atoms with Crippen molar-refractivity contribution >= 4 is 17.4 Å². The molecule has 0 bridgehead atoms. The van der Waals surface area contributed by atoms with E-state index in [-0.39, 0.29) is 0 Å². The second-order valence-electron chi connectivity index (χ2n) is 2.34. The summed E-state index contributed by atoms with van der Waals surface area (Å²) in [6.45, 7) is 5.96. The van der Waals surface area contributed by atoms with Gasteiger partial charge in [-0.05, 0) is 6.92 Å². The van der Waals surface area contributed by atoms with Crippen LogP contribution in [0.2, 0.25) is 5.02 Å². The van der Waals surface area contributed by atoms with Crippen LogP contribution in [0.15, 0.2) is 18.6 Å². The maximum Gasteiger partial charge on any atom is 0.233 e.